The van der Waals surface area contributed by atoms with Crippen LogP contribution in [0.25, 0.3) is 0 Å². The van der Waals surface area contributed by atoms with Crippen molar-refractivity contribution in [1.82, 2.24) is 5.43 Å². The van der Waals surface area contributed by atoms with Gasteiger partial charge < -0.3 is 10.8 Å². The van der Waals surface area contributed by atoms with Gasteiger partial charge >= 0.3 is 0 Å². The van der Waals surface area contributed by atoms with Crippen LogP contribution < -0.4 is 11.2 Å². The van der Waals surface area contributed by atoms with Crippen molar-refractivity contribution < 1.29 is 9.90 Å². The van der Waals surface area contributed by atoms with E-state index in [0.717, 1.165) is 11.3 Å². The molecule has 0 radical (unpaired) electrons. The van der Waals surface area contributed by atoms with Gasteiger partial charge in [0.15, 0.2) is 0 Å². The van der Waals surface area contributed by atoms with Crippen LogP contribution in [0.4, 0.5) is 5.00 Å². The third-order valence-electron chi connectivity index (χ3n) is 2.80. The molecular formula is C14H12N4O2S. The first-order valence-electron chi connectivity index (χ1n) is 5.95. The number of nitrogens with one attached hydrogen (secondary N) is 1. The number of carbonyl (C=O) groups is 1. The summed E-state index contributed by atoms with van der Waals surface area (Å²) in [6, 6.07) is 8.57. The maximum Gasteiger partial charge on any atom is 0.281 e. The number of nitrogen functional groups attached to an aromatic ring is 1. The molecule has 0 aliphatic rings. The van der Waals surface area contributed by atoms with Crippen LogP contribution in [0, 0.1) is 18.3 Å². The Morgan fingerprint density at radius 1 is 1.52 bits per heavy atom. The smallest absolute Gasteiger partial charge is 0.281 e. The number of para-hydroxylation sites is 1. The summed E-state index contributed by atoms with van der Waals surface area (Å²) < 4.78 is 0. The van der Waals surface area contributed by atoms with Crippen molar-refractivity contribution in [2.75, 3.05) is 5.73 Å². The highest BCUT2D eigenvalue weighted by atomic mass is 32.1. The maximum atomic E-state index is 12.0. The molecule has 21 heavy (non-hydrogen) atoms. The summed E-state index contributed by atoms with van der Waals surface area (Å²) >= 11 is 1.04. The summed E-state index contributed by atoms with van der Waals surface area (Å²) in [5, 5.41) is 22.6. The van der Waals surface area contributed by atoms with Gasteiger partial charge in [0.2, 0.25) is 0 Å². The van der Waals surface area contributed by atoms with Gasteiger partial charge in [-0.25, -0.2) is 5.43 Å². The van der Waals surface area contributed by atoms with E-state index in [1.165, 1.54) is 12.3 Å². The Kier molecular flexibility index (Phi) is 4.21. The van der Waals surface area contributed by atoms with Crippen molar-refractivity contribution in [3.05, 3.63) is 45.8 Å². The predicted molar refractivity (Wildman–Crippen MR) is 81.4 cm³/mol. The second kappa shape index (κ2) is 6.07. The van der Waals surface area contributed by atoms with Crippen LogP contribution in [0.15, 0.2) is 29.4 Å². The lowest BCUT2D eigenvalue weighted by Crippen LogP contribution is -2.17. The lowest BCUT2D eigenvalue weighted by atomic mass is 10.2. The molecule has 0 atom stereocenters. The lowest BCUT2D eigenvalue weighted by molar-refractivity contribution is 0.0958. The number of anilines is 1. The van der Waals surface area contributed by atoms with E-state index in [1.807, 2.05) is 6.07 Å². The highest BCUT2D eigenvalue weighted by Gasteiger charge is 2.18. The first-order chi connectivity index (χ1) is 10.0. The molecule has 1 aromatic carbocycles. The molecular weight excluding hydrogens is 288 g/mol. The summed E-state index contributed by atoms with van der Waals surface area (Å²) in [7, 11) is 0. The number of carbonyl (C=O) groups excluding carboxylic acids is 1. The second-order valence-electron chi connectivity index (χ2n) is 4.17. The number of benzene rings is 1. The summed E-state index contributed by atoms with van der Waals surface area (Å²) in [6.07, 6.45) is 1.34. The molecule has 0 saturated carbocycles. The zero-order chi connectivity index (χ0) is 15.4. The van der Waals surface area contributed by atoms with Gasteiger partial charge in [0.05, 0.1) is 11.8 Å². The lowest BCUT2D eigenvalue weighted by Gasteiger charge is -1.99. The summed E-state index contributed by atoms with van der Waals surface area (Å²) in [5.41, 5.74) is 9.36. The number of amides is 1. The van der Waals surface area contributed by atoms with E-state index in [1.54, 1.807) is 25.1 Å². The Balaban J connectivity index is 2.13. The van der Waals surface area contributed by atoms with Gasteiger partial charge in [-0.15, -0.1) is 11.3 Å². The predicted octanol–water partition coefficient (Wildman–Crippen LogP) is 1.98. The van der Waals surface area contributed by atoms with E-state index < -0.39 is 5.91 Å². The molecule has 6 nitrogen and oxygen atoms in total. The fourth-order valence-electron chi connectivity index (χ4n) is 1.70. The zero-order valence-corrected chi connectivity index (χ0v) is 11.9. The van der Waals surface area contributed by atoms with Crippen LogP contribution in [-0.2, 0) is 0 Å². The molecule has 0 bridgehead atoms. The van der Waals surface area contributed by atoms with Crippen molar-refractivity contribution >= 4 is 28.5 Å². The molecule has 2 aromatic rings. The minimum absolute atomic E-state index is 0.0683. The van der Waals surface area contributed by atoms with E-state index in [9.17, 15) is 9.90 Å². The normalized spacial score (nSPS) is 10.5. The number of hydrazone groups is 1. The van der Waals surface area contributed by atoms with Gasteiger partial charge in [0.1, 0.15) is 21.7 Å². The van der Waals surface area contributed by atoms with E-state index in [0.29, 0.717) is 26.6 Å². The highest BCUT2D eigenvalue weighted by molar-refractivity contribution is 7.18. The molecule has 1 amide bonds. The highest BCUT2D eigenvalue weighted by Crippen LogP contribution is 2.29. The fourth-order valence-corrected chi connectivity index (χ4v) is 2.61. The number of phenols is 1. The van der Waals surface area contributed by atoms with Crippen LogP contribution in [0.2, 0.25) is 0 Å². The van der Waals surface area contributed by atoms with Gasteiger partial charge in [-0.05, 0) is 24.6 Å². The minimum Gasteiger partial charge on any atom is -0.507 e. The van der Waals surface area contributed by atoms with E-state index in [2.05, 4.69) is 10.5 Å². The number of nitriles is 1. The molecule has 1 heterocycles. The average molecular weight is 300 g/mol. The van der Waals surface area contributed by atoms with Gasteiger partial charge in [-0.1, -0.05) is 12.1 Å². The molecule has 1 aromatic heterocycles. The standard InChI is InChI=1S/C14H12N4O2S/c1-8-10(6-15)13(16)21-12(8)14(20)18-17-7-9-4-2-3-5-11(9)19/h2-5,7,19H,16H2,1H3,(H,18,20). The Labute approximate surface area is 125 Å². The van der Waals surface area contributed by atoms with Gasteiger partial charge in [0, 0.05) is 5.56 Å². The average Bonchev–Trinajstić information content (AvgIpc) is 2.75. The largest absolute Gasteiger partial charge is 0.507 e. The third kappa shape index (κ3) is 3.01. The van der Waals surface area contributed by atoms with Crippen molar-refractivity contribution in [3.8, 4) is 11.8 Å². The summed E-state index contributed by atoms with van der Waals surface area (Å²) in [4.78, 5) is 12.3. The Morgan fingerprint density at radius 3 is 2.86 bits per heavy atom. The van der Waals surface area contributed by atoms with Crippen LogP contribution in [0.1, 0.15) is 26.4 Å². The first kappa shape index (κ1) is 14.6. The van der Waals surface area contributed by atoms with Crippen LogP contribution >= 0.6 is 11.3 Å². The fraction of sp³-hybridized carbons (Fsp3) is 0.0714. The number of rotatable bonds is 3. The number of hydrogen-bond donors (Lipinski definition) is 3. The summed E-state index contributed by atoms with van der Waals surface area (Å²) in [5.74, 6) is -0.379. The van der Waals surface area contributed by atoms with Crippen molar-refractivity contribution in [2.45, 2.75) is 6.92 Å². The molecule has 0 fully saturated rings. The Bertz CT molecular complexity index is 759. The minimum atomic E-state index is -0.447. The molecule has 0 saturated heterocycles. The second-order valence-corrected chi connectivity index (χ2v) is 5.22. The molecule has 7 heteroatoms. The summed E-state index contributed by atoms with van der Waals surface area (Å²) in [6.45, 7) is 1.66. The number of thiophene rings is 1. The SMILES string of the molecule is Cc1c(C(=O)NN=Cc2ccccc2O)sc(N)c1C#N. The Morgan fingerprint density at radius 2 is 2.24 bits per heavy atom. The molecule has 0 unspecified atom stereocenters. The van der Waals surface area contributed by atoms with Gasteiger partial charge in [-0.3, -0.25) is 4.79 Å². The maximum absolute atomic E-state index is 12.0. The number of hydrogen-bond acceptors (Lipinski definition) is 6. The van der Waals surface area contributed by atoms with Crippen LogP contribution in [0.5, 0.6) is 5.75 Å². The number of aromatic hydroxyl groups is 1. The topological polar surface area (TPSA) is 112 Å². The van der Waals surface area contributed by atoms with Crippen molar-refractivity contribution in [2.24, 2.45) is 5.10 Å². The molecule has 0 spiro atoms. The van der Waals surface area contributed by atoms with Crippen molar-refractivity contribution in [3.63, 3.8) is 0 Å². The molecule has 4 N–H and O–H groups in total. The quantitative estimate of drug-likeness (QED) is 0.594. The third-order valence-corrected chi connectivity index (χ3v) is 3.92. The molecule has 0 aliphatic heterocycles. The first-order valence-corrected chi connectivity index (χ1v) is 6.76. The van der Waals surface area contributed by atoms with Crippen LogP contribution in [0.3, 0.4) is 0 Å². The number of nitrogens with zero attached hydrogens (tertiary/aromatic N) is 2. The van der Waals surface area contributed by atoms with E-state index in [4.69, 9.17) is 11.0 Å². The van der Waals surface area contributed by atoms with Crippen LogP contribution in [-0.4, -0.2) is 17.2 Å². The Hall–Kier alpha value is -2.85. The van der Waals surface area contributed by atoms with Gasteiger partial charge in [-0.2, -0.15) is 10.4 Å². The molecule has 106 valence electrons. The van der Waals surface area contributed by atoms with E-state index >= 15 is 0 Å². The van der Waals surface area contributed by atoms with Crippen molar-refractivity contribution in [1.29, 1.82) is 5.26 Å². The number of nitrogens with two attached hydrogens (primary N) is 1. The van der Waals surface area contributed by atoms with Gasteiger partial charge in [0.25, 0.3) is 5.91 Å². The molecule has 2 rings (SSSR count). The zero-order valence-electron chi connectivity index (χ0n) is 11.1. The molecule has 0 aliphatic carbocycles. The monoisotopic (exact) mass is 300 g/mol. The number of phenolic OH excluding ortho intramolecular Hbond substituents is 1. The van der Waals surface area contributed by atoms with E-state index in [-0.39, 0.29) is 5.75 Å².